The van der Waals surface area contributed by atoms with Crippen molar-refractivity contribution in [1.82, 2.24) is 0 Å². The van der Waals surface area contributed by atoms with Crippen LogP contribution >= 0.6 is 0 Å². The number of para-hydroxylation sites is 1. The number of anilines is 1. The largest absolute Gasteiger partial charge is 0.481 e. The molecule has 2 N–H and O–H groups in total. The molecule has 0 bridgehead atoms. The molecular weight excluding hydrogens is 316 g/mol. The average Bonchev–Trinajstić information content (AvgIpc) is 2.48. The molecule has 1 aliphatic rings. The zero-order valence-corrected chi connectivity index (χ0v) is 12.5. The monoisotopic (exact) mass is 333 g/mol. The molecule has 122 valence electrons. The summed E-state index contributed by atoms with van der Waals surface area (Å²) in [7, 11) is -4.67. The molecule has 1 aliphatic carbocycles. The van der Waals surface area contributed by atoms with Crippen molar-refractivity contribution in [1.29, 1.82) is 0 Å². The molecule has 0 saturated heterocycles. The molecule has 8 heteroatoms. The summed E-state index contributed by atoms with van der Waals surface area (Å²) in [5.41, 5.74) is 0.140. The molecule has 1 aromatic rings. The maximum Gasteiger partial charge on any atom is 0.341 e. The first-order valence-electron chi connectivity index (χ1n) is 6.93. The van der Waals surface area contributed by atoms with Crippen molar-refractivity contribution in [3.05, 3.63) is 24.3 Å². The molecule has 0 aromatic heterocycles. The van der Waals surface area contributed by atoms with Crippen LogP contribution in [0.2, 0.25) is 0 Å². The molecule has 0 heterocycles. The van der Waals surface area contributed by atoms with Gasteiger partial charge in [-0.15, -0.1) is 0 Å². The van der Waals surface area contributed by atoms with Crippen LogP contribution in [0.25, 0.3) is 0 Å². The van der Waals surface area contributed by atoms with Gasteiger partial charge in [-0.2, -0.15) is 8.78 Å². The molecule has 0 unspecified atom stereocenters. The van der Waals surface area contributed by atoms with Crippen LogP contribution in [0.15, 0.2) is 29.2 Å². The Hall–Kier alpha value is -1.70. The zero-order chi connectivity index (χ0) is 16.3. The number of aliphatic carboxylic acids is 1. The first kappa shape index (κ1) is 16.7. The fourth-order valence-electron chi connectivity index (χ4n) is 2.63. The number of hydrogen-bond donors (Lipinski definition) is 2. The van der Waals surface area contributed by atoms with E-state index < -0.39 is 32.4 Å². The van der Waals surface area contributed by atoms with E-state index in [9.17, 15) is 22.0 Å². The van der Waals surface area contributed by atoms with Crippen LogP contribution in [0.3, 0.4) is 0 Å². The average molecular weight is 333 g/mol. The lowest BCUT2D eigenvalue weighted by Crippen LogP contribution is -2.30. The van der Waals surface area contributed by atoms with Crippen LogP contribution in [-0.4, -0.2) is 31.3 Å². The Morgan fingerprint density at radius 2 is 1.77 bits per heavy atom. The number of nitrogens with one attached hydrogen (secondary N) is 1. The summed E-state index contributed by atoms with van der Waals surface area (Å²) in [6.45, 7) is 0. The molecular formula is C14H17F2NO4S. The maximum absolute atomic E-state index is 12.7. The Morgan fingerprint density at radius 3 is 2.32 bits per heavy atom. The summed E-state index contributed by atoms with van der Waals surface area (Å²) in [6.07, 6.45) is 2.08. The van der Waals surface area contributed by atoms with E-state index in [1.165, 1.54) is 12.1 Å². The minimum absolute atomic E-state index is 0.121. The Kier molecular flexibility index (Phi) is 5.00. The van der Waals surface area contributed by atoms with E-state index in [0.29, 0.717) is 25.7 Å². The fourth-order valence-corrected chi connectivity index (χ4v) is 3.53. The topological polar surface area (TPSA) is 83.5 Å². The number of carboxylic acid groups (broad SMARTS) is 1. The number of alkyl halides is 2. The number of carbonyl (C=O) groups is 1. The van der Waals surface area contributed by atoms with Crippen molar-refractivity contribution >= 4 is 21.5 Å². The van der Waals surface area contributed by atoms with Gasteiger partial charge in [0.15, 0.2) is 0 Å². The first-order valence-corrected chi connectivity index (χ1v) is 8.47. The van der Waals surface area contributed by atoms with Crippen LogP contribution < -0.4 is 5.32 Å². The van der Waals surface area contributed by atoms with Gasteiger partial charge in [0.1, 0.15) is 0 Å². The van der Waals surface area contributed by atoms with Crippen LogP contribution in [0.1, 0.15) is 25.7 Å². The minimum atomic E-state index is -4.67. The van der Waals surface area contributed by atoms with Gasteiger partial charge in [0.2, 0.25) is 9.84 Å². The van der Waals surface area contributed by atoms with Gasteiger partial charge >= 0.3 is 11.7 Å². The molecule has 22 heavy (non-hydrogen) atoms. The SMILES string of the molecule is O=C(O)C1CCC(Nc2ccccc2S(=O)(=O)C(F)F)CC1. The van der Waals surface area contributed by atoms with Gasteiger partial charge < -0.3 is 10.4 Å². The molecule has 2 rings (SSSR count). The van der Waals surface area contributed by atoms with Gasteiger partial charge in [-0.3, -0.25) is 4.79 Å². The van der Waals surface area contributed by atoms with Crippen molar-refractivity contribution in [3.63, 3.8) is 0 Å². The third-order valence-electron chi connectivity index (χ3n) is 3.86. The molecule has 1 saturated carbocycles. The highest BCUT2D eigenvalue weighted by atomic mass is 32.2. The van der Waals surface area contributed by atoms with Gasteiger partial charge in [0, 0.05) is 6.04 Å². The number of sulfone groups is 1. The van der Waals surface area contributed by atoms with Crippen LogP contribution in [0, 0.1) is 5.92 Å². The van der Waals surface area contributed by atoms with Crippen molar-refractivity contribution < 1.29 is 27.1 Å². The molecule has 0 radical (unpaired) electrons. The van der Waals surface area contributed by atoms with Crippen LogP contribution in [0.5, 0.6) is 0 Å². The fraction of sp³-hybridized carbons (Fsp3) is 0.500. The molecule has 1 aromatic carbocycles. The molecule has 0 aliphatic heterocycles. The normalized spacial score (nSPS) is 22.5. The number of benzene rings is 1. The smallest absolute Gasteiger partial charge is 0.341 e. The summed E-state index contributed by atoms with van der Waals surface area (Å²) in [6, 6.07) is 5.42. The summed E-state index contributed by atoms with van der Waals surface area (Å²) in [4.78, 5) is 10.5. The van der Waals surface area contributed by atoms with Crippen LogP contribution in [0.4, 0.5) is 14.5 Å². The number of hydrogen-bond acceptors (Lipinski definition) is 4. The second-order valence-corrected chi connectivity index (χ2v) is 7.22. The van der Waals surface area contributed by atoms with Crippen LogP contribution in [-0.2, 0) is 14.6 Å². The van der Waals surface area contributed by atoms with E-state index in [1.807, 2.05) is 0 Å². The predicted molar refractivity (Wildman–Crippen MR) is 76.6 cm³/mol. The van der Waals surface area contributed by atoms with Crippen molar-refractivity contribution in [3.8, 4) is 0 Å². The highest BCUT2D eigenvalue weighted by Crippen LogP contribution is 2.31. The quantitative estimate of drug-likeness (QED) is 0.866. The predicted octanol–water partition coefficient (Wildman–Crippen LogP) is 2.74. The van der Waals surface area contributed by atoms with Gasteiger partial charge in [0.05, 0.1) is 16.5 Å². The Labute approximate surface area is 127 Å². The highest BCUT2D eigenvalue weighted by molar-refractivity contribution is 7.91. The second-order valence-electron chi connectivity index (χ2n) is 5.33. The standard InChI is InChI=1S/C14H17F2NO4S/c15-14(16)22(20,21)12-4-2-1-3-11(12)17-10-7-5-9(6-8-10)13(18)19/h1-4,9-10,14,17H,5-8H2,(H,18,19). The Morgan fingerprint density at radius 1 is 1.18 bits per heavy atom. The summed E-state index contributed by atoms with van der Waals surface area (Å²) in [5, 5.41) is 11.9. The van der Waals surface area contributed by atoms with Gasteiger partial charge in [-0.1, -0.05) is 12.1 Å². The number of rotatable bonds is 5. The van der Waals surface area contributed by atoms with Crippen molar-refractivity contribution in [2.75, 3.05) is 5.32 Å². The lowest BCUT2D eigenvalue weighted by Gasteiger charge is -2.28. The van der Waals surface area contributed by atoms with E-state index in [0.717, 1.165) is 6.07 Å². The Balaban J connectivity index is 2.14. The third kappa shape index (κ3) is 3.55. The summed E-state index contributed by atoms with van der Waals surface area (Å²) < 4.78 is 48.8. The molecule has 5 nitrogen and oxygen atoms in total. The third-order valence-corrected chi connectivity index (χ3v) is 5.30. The minimum Gasteiger partial charge on any atom is -0.481 e. The first-order chi connectivity index (χ1) is 10.3. The second kappa shape index (κ2) is 6.60. The molecule has 0 amide bonds. The summed E-state index contributed by atoms with van der Waals surface area (Å²) in [5.74, 6) is -4.70. The highest BCUT2D eigenvalue weighted by Gasteiger charge is 2.31. The van der Waals surface area contributed by atoms with E-state index in [-0.39, 0.29) is 11.7 Å². The summed E-state index contributed by atoms with van der Waals surface area (Å²) >= 11 is 0. The van der Waals surface area contributed by atoms with E-state index >= 15 is 0 Å². The number of carboxylic acids is 1. The maximum atomic E-state index is 12.7. The Bertz CT molecular complexity index is 640. The molecule has 0 spiro atoms. The lowest BCUT2D eigenvalue weighted by atomic mass is 9.86. The van der Waals surface area contributed by atoms with Gasteiger partial charge in [0.25, 0.3) is 0 Å². The lowest BCUT2D eigenvalue weighted by molar-refractivity contribution is -0.142. The van der Waals surface area contributed by atoms with Gasteiger partial charge in [-0.25, -0.2) is 8.42 Å². The van der Waals surface area contributed by atoms with E-state index in [2.05, 4.69) is 5.32 Å². The molecule has 1 fully saturated rings. The van der Waals surface area contributed by atoms with Crippen molar-refractivity contribution in [2.45, 2.75) is 42.4 Å². The van der Waals surface area contributed by atoms with Crippen molar-refractivity contribution in [2.24, 2.45) is 5.92 Å². The van der Waals surface area contributed by atoms with E-state index in [4.69, 9.17) is 5.11 Å². The number of halogens is 2. The zero-order valence-electron chi connectivity index (χ0n) is 11.7. The van der Waals surface area contributed by atoms with Gasteiger partial charge in [-0.05, 0) is 37.8 Å². The molecule has 0 atom stereocenters. The van der Waals surface area contributed by atoms with E-state index in [1.54, 1.807) is 6.07 Å².